The Morgan fingerprint density at radius 1 is 0.438 bits per heavy atom. The molecule has 2 amide bonds. The van der Waals surface area contributed by atoms with Gasteiger partial charge in [-0.3, -0.25) is 9.59 Å². The third-order valence-corrected chi connectivity index (χ3v) is 9.50. The van der Waals surface area contributed by atoms with Crippen molar-refractivity contribution < 1.29 is 9.59 Å². The predicted octanol–water partition coefficient (Wildman–Crippen LogP) is 9.71. The zero-order valence-corrected chi connectivity index (χ0v) is 27.0. The van der Waals surface area contributed by atoms with Crippen LogP contribution in [-0.4, -0.2) is 16.5 Å². The molecule has 48 heavy (non-hydrogen) atoms. The first-order chi connectivity index (χ1) is 23.5. The van der Waals surface area contributed by atoms with Crippen molar-refractivity contribution in [1.82, 2.24) is 4.68 Å². The summed E-state index contributed by atoms with van der Waals surface area (Å²) in [7, 11) is 0. The van der Waals surface area contributed by atoms with Gasteiger partial charge < -0.3 is 0 Å². The SMILES string of the molecule is Cc1cc2c(cc1C)C(=O)N(n1c(-c3ccc(Cc4ccccc4)cc3)c3ccccc3c1-c1ccc(Cc3ccccc3)cc1)C2=O. The van der Waals surface area contributed by atoms with Crippen molar-refractivity contribution in [3.8, 4) is 22.5 Å². The molecule has 4 heteroatoms. The van der Waals surface area contributed by atoms with Crippen LogP contribution in [0.1, 0.15) is 54.1 Å². The Labute approximate surface area is 280 Å². The number of imide groups is 1. The Kier molecular flexibility index (Phi) is 7.34. The van der Waals surface area contributed by atoms with E-state index in [-0.39, 0.29) is 11.8 Å². The number of fused-ring (bicyclic) bond motifs is 2. The molecule has 6 aromatic carbocycles. The lowest BCUT2D eigenvalue weighted by Crippen LogP contribution is -2.40. The minimum Gasteiger partial charge on any atom is -0.267 e. The van der Waals surface area contributed by atoms with Crippen LogP contribution in [0.25, 0.3) is 33.3 Å². The lowest BCUT2D eigenvalue weighted by Gasteiger charge is -2.23. The average Bonchev–Trinajstić information content (AvgIpc) is 3.56. The second kappa shape index (κ2) is 12.0. The minimum absolute atomic E-state index is 0.317. The van der Waals surface area contributed by atoms with Crippen LogP contribution in [0, 0.1) is 13.8 Å². The van der Waals surface area contributed by atoms with Crippen molar-refractivity contribution in [2.75, 3.05) is 5.01 Å². The highest BCUT2D eigenvalue weighted by atomic mass is 16.2. The summed E-state index contributed by atoms with van der Waals surface area (Å²) in [5.74, 6) is -0.635. The van der Waals surface area contributed by atoms with E-state index in [0.29, 0.717) is 11.1 Å². The molecule has 0 unspecified atom stereocenters. The molecule has 0 atom stereocenters. The van der Waals surface area contributed by atoms with E-state index in [1.807, 2.05) is 54.9 Å². The van der Waals surface area contributed by atoms with Gasteiger partial charge in [0, 0.05) is 21.9 Å². The molecule has 0 bridgehead atoms. The first kappa shape index (κ1) is 29.4. The van der Waals surface area contributed by atoms with E-state index < -0.39 is 0 Å². The van der Waals surface area contributed by atoms with Gasteiger partial charge in [0.1, 0.15) is 0 Å². The van der Waals surface area contributed by atoms with E-state index in [2.05, 4.69) is 109 Å². The normalized spacial score (nSPS) is 12.6. The van der Waals surface area contributed by atoms with Gasteiger partial charge in [-0.2, -0.15) is 5.01 Å². The predicted molar refractivity (Wildman–Crippen MR) is 194 cm³/mol. The maximum absolute atomic E-state index is 14.3. The molecule has 232 valence electrons. The number of aromatic nitrogens is 1. The number of aryl methyl sites for hydroxylation is 2. The molecule has 1 aliphatic heterocycles. The van der Waals surface area contributed by atoms with Gasteiger partial charge in [0.25, 0.3) is 11.8 Å². The fourth-order valence-corrected chi connectivity index (χ4v) is 6.89. The molecule has 0 aliphatic carbocycles. The van der Waals surface area contributed by atoms with E-state index in [1.54, 1.807) is 0 Å². The largest absolute Gasteiger partial charge is 0.281 e. The summed E-state index contributed by atoms with van der Waals surface area (Å²) in [5, 5.41) is 3.30. The van der Waals surface area contributed by atoms with Gasteiger partial charge in [-0.15, -0.1) is 0 Å². The summed E-state index contributed by atoms with van der Waals surface area (Å²) in [6.45, 7) is 3.95. The first-order valence-corrected chi connectivity index (χ1v) is 16.4. The summed E-state index contributed by atoms with van der Waals surface area (Å²) in [6, 6.07) is 49.7. The Morgan fingerprint density at radius 2 is 0.792 bits per heavy atom. The number of carbonyl (C=O) groups is 2. The maximum Gasteiger partial charge on any atom is 0.281 e. The van der Waals surface area contributed by atoms with E-state index in [1.165, 1.54) is 27.3 Å². The first-order valence-electron chi connectivity index (χ1n) is 16.4. The molecule has 1 aromatic heterocycles. The van der Waals surface area contributed by atoms with Gasteiger partial charge in [-0.25, -0.2) is 4.68 Å². The molecule has 0 saturated carbocycles. The Morgan fingerprint density at radius 3 is 1.19 bits per heavy atom. The number of hydrogen-bond acceptors (Lipinski definition) is 2. The van der Waals surface area contributed by atoms with Gasteiger partial charge in [0.15, 0.2) is 0 Å². The third kappa shape index (κ3) is 5.12. The molecular formula is C44H34N2O2. The van der Waals surface area contributed by atoms with E-state index in [9.17, 15) is 9.59 Å². The molecule has 2 heterocycles. The van der Waals surface area contributed by atoms with Crippen LogP contribution in [0.5, 0.6) is 0 Å². The quantitative estimate of drug-likeness (QED) is 0.166. The highest BCUT2D eigenvalue weighted by molar-refractivity contribution is 6.31. The molecule has 0 saturated heterocycles. The third-order valence-electron chi connectivity index (χ3n) is 9.50. The van der Waals surface area contributed by atoms with E-state index in [0.717, 1.165) is 57.3 Å². The van der Waals surface area contributed by atoms with Crippen LogP contribution in [0.15, 0.2) is 146 Å². The Hall–Kier alpha value is -6.00. The van der Waals surface area contributed by atoms with E-state index in [4.69, 9.17) is 0 Å². The topological polar surface area (TPSA) is 42.3 Å². The van der Waals surface area contributed by atoms with Crippen LogP contribution >= 0.6 is 0 Å². The summed E-state index contributed by atoms with van der Waals surface area (Å²) < 4.78 is 1.87. The van der Waals surface area contributed by atoms with Crippen molar-refractivity contribution in [3.05, 3.63) is 190 Å². The van der Waals surface area contributed by atoms with Gasteiger partial charge in [0.05, 0.1) is 22.5 Å². The van der Waals surface area contributed by atoms with Crippen LogP contribution in [0.3, 0.4) is 0 Å². The van der Waals surface area contributed by atoms with Gasteiger partial charge >= 0.3 is 0 Å². The number of benzene rings is 6. The number of carbonyl (C=O) groups excluding carboxylic acids is 2. The van der Waals surface area contributed by atoms with Crippen LogP contribution in [0.2, 0.25) is 0 Å². The van der Waals surface area contributed by atoms with Crippen molar-refractivity contribution >= 4 is 22.6 Å². The minimum atomic E-state index is -0.317. The Balaban J connectivity index is 1.31. The second-order valence-electron chi connectivity index (χ2n) is 12.7. The second-order valence-corrected chi connectivity index (χ2v) is 12.7. The molecule has 0 fully saturated rings. The zero-order valence-electron chi connectivity index (χ0n) is 27.0. The number of hydrogen-bond donors (Lipinski definition) is 0. The fraction of sp³-hybridized carbons (Fsp3) is 0.0909. The maximum atomic E-state index is 14.3. The summed E-state index contributed by atoms with van der Waals surface area (Å²) in [6.07, 6.45) is 1.64. The van der Waals surface area contributed by atoms with Gasteiger partial charge in [-0.05, 0) is 72.2 Å². The standard InChI is InChI=1S/C44H34N2O2/c1-29-25-39-40(26-30(29)2)44(48)46(43(39)47)45-41(35-21-17-33(18-22-35)27-31-11-5-3-6-12-31)37-15-9-10-16-38(37)42(45)36-23-19-34(20-24-36)28-32-13-7-4-8-14-32/h3-26H,27-28H2,1-2H3. The van der Waals surface area contributed by atoms with Gasteiger partial charge in [0.2, 0.25) is 0 Å². The highest BCUT2D eigenvalue weighted by Gasteiger charge is 2.40. The smallest absolute Gasteiger partial charge is 0.267 e. The summed E-state index contributed by atoms with van der Waals surface area (Å²) >= 11 is 0. The van der Waals surface area contributed by atoms with Crippen molar-refractivity contribution in [2.24, 2.45) is 0 Å². The molecule has 7 aromatic rings. The lowest BCUT2D eigenvalue weighted by atomic mass is 10.0. The molecule has 1 aliphatic rings. The average molecular weight is 623 g/mol. The Bertz CT molecular complexity index is 2150. The highest BCUT2D eigenvalue weighted by Crippen LogP contribution is 2.41. The van der Waals surface area contributed by atoms with Crippen molar-refractivity contribution in [1.29, 1.82) is 0 Å². The van der Waals surface area contributed by atoms with Crippen LogP contribution in [0.4, 0.5) is 0 Å². The van der Waals surface area contributed by atoms with Crippen LogP contribution in [-0.2, 0) is 12.8 Å². The number of rotatable bonds is 7. The molecule has 0 N–H and O–H groups in total. The molecule has 0 radical (unpaired) electrons. The van der Waals surface area contributed by atoms with Crippen LogP contribution < -0.4 is 5.01 Å². The van der Waals surface area contributed by atoms with Crippen molar-refractivity contribution in [3.63, 3.8) is 0 Å². The van der Waals surface area contributed by atoms with E-state index >= 15 is 0 Å². The van der Waals surface area contributed by atoms with Crippen molar-refractivity contribution in [2.45, 2.75) is 26.7 Å². The monoisotopic (exact) mass is 622 g/mol. The molecular weight excluding hydrogens is 588 g/mol. The number of amides is 2. The summed E-state index contributed by atoms with van der Waals surface area (Å²) in [4.78, 5) is 28.6. The molecule has 8 rings (SSSR count). The fourth-order valence-electron chi connectivity index (χ4n) is 6.89. The van der Waals surface area contributed by atoms with Gasteiger partial charge in [-0.1, -0.05) is 133 Å². The zero-order chi connectivity index (χ0) is 32.8. The summed E-state index contributed by atoms with van der Waals surface area (Å²) in [5.41, 5.74) is 11.2. The lowest BCUT2D eigenvalue weighted by molar-refractivity contribution is 0.0888. The number of nitrogens with zero attached hydrogens (tertiary/aromatic N) is 2. The molecule has 4 nitrogen and oxygen atoms in total. The molecule has 0 spiro atoms.